The smallest absolute Gasteiger partial charge is 0.336 e. The Hall–Kier alpha value is -9.05. The molecule has 9 nitrogen and oxygen atoms in total. The van der Waals surface area contributed by atoms with Gasteiger partial charge in [0, 0.05) is 63.4 Å². The van der Waals surface area contributed by atoms with Crippen LogP contribution in [0.15, 0.2) is 238 Å². The lowest BCUT2D eigenvalue weighted by Gasteiger charge is -2.10. The largest absolute Gasteiger partial charge is 0.619 e. The summed E-state index contributed by atoms with van der Waals surface area (Å²) in [5.41, 5.74) is 17.6. The number of aromatic nitrogens is 5. The molecule has 13 rings (SSSR count). The Labute approximate surface area is 500 Å². The minimum atomic E-state index is -0.418. The molecule has 5 aromatic heterocycles. The first kappa shape index (κ1) is 59.6. The van der Waals surface area contributed by atoms with Crippen molar-refractivity contribution in [2.45, 2.75) is 0 Å². The van der Waals surface area contributed by atoms with Gasteiger partial charge in [-0.25, -0.2) is 27.1 Å². The summed E-state index contributed by atoms with van der Waals surface area (Å²) in [6.45, 7) is 0.472. The van der Waals surface area contributed by atoms with Crippen LogP contribution < -0.4 is 20.8 Å². The summed E-state index contributed by atoms with van der Waals surface area (Å²) in [5, 5.41) is 26.1. The molecule has 0 bridgehead atoms. The maximum atomic E-state index is 14.0. The van der Waals surface area contributed by atoms with Crippen molar-refractivity contribution < 1.29 is 32.0 Å². The van der Waals surface area contributed by atoms with Crippen LogP contribution >= 0.6 is 46.4 Å². The van der Waals surface area contributed by atoms with Gasteiger partial charge in [-0.1, -0.05) is 174 Å². The van der Waals surface area contributed by atoms with Gasteiger partial charge in [0.2, 0.25) is 0 Å². The van der Waals surface area contributed by atoms with Gasteiger partial charge in [0.05, 0.1) is 55.4 Å². The van der Waals surface area contributed by atoms with Crippen LogP contribution in [0.25, 0.3) is 93.4 Å². The number of hydrogen-bond donors (Lipinski definition) is 3. The number of halogens is 8. The van der Waals surface area contributed by atoms with Gasteiger partial charge in [0.1, 0.15) is 35.3 Å². The molecule has 418 valence electrons. The molecule has 8 aromatic carbocycles. The standard InChI is InChI=1S/C20H13ClFN2.C15H10ClFN2.C15H9ClFNO.C15H9ClFN.C2H7NO/c21-18-12-15(22)11-16-17(14-7-3-1-4-8-14)13-23-20(19(16)18)24-9-5-2-6-10-24;16-13-7-10(17)6-11-12(8-19-15(18)14(11)13)9-4-2-1-3-5-9;16-15-7-11(17)6-12-13(8-18(19)9-14(12)15)10-4-2-1-3-5-10;16-15-7-11(17)6-12-13(8-18-9-14(12)15)10-4-2-1-3-5-10;3-1-2-4/h1-13H;1-8H,(H2,18,19);1-9H;1-9H;4H,1-3H2/q+1;;;;. The van der Waals surface area contributed by atoms with E-state index in [4.69, 9.17) is 63.0 Å². The number of pyridine rings is 5. The van der Waals surface area contributed by atoms with E-state index in [1.54, 1.807) is 24.8 Å². The first-order valence-corrected chi connectivity index (χ1v) is 27.3. The third-order valence-electron chi connectivity index (χ3n) is 12.9. The van der Waals surface area contributed by atoms with Gasteiger partial charge >= 0.3 is 5.82 Å². The van der Waals surface area contributed by atoms with Crippen LogP contribution in [-0.4, -0.2) is 33.2 Å². The molecule has 0 unspecified atom stereocenters. The molecular weight excluding hydrogens is 1150 g/mol. The van der Waals surface area contributed by atoms with Gasteiger partial charge in [-0.2, -0.15) is 4.73 Å². The van der Waals surface area contributed by atoms with Crippen molar-refractivity contribution in [1.82, 2.24) is 15.0 Å². The number of fused-ring (bicyclic) bond motifs is 4. The molecular formula is C67H48Cl4F4N7O2+. The Kier molecular flexibility index (Phi) is 19.7. The molecule has 0 saturated carbocycles. The van der Waals surface area contributed by atoms with Crippen LogP contribution in [0.1, 0.15) is 0 Å². The average molecular weight is 1200 g/mol. The van der Waals surface area contributed by atoms with E-state index < -0.39 is 5.82 Å². The second-order valence-electron chi connectivity index (χ2n) is 18.5. The molecule has 84 heavy (non-hydrogen) atoms. The lowest BCUT2D eigenvalue weighted by atomic mass is 10.00. The van der Waals surface area contributed by atoms with Crippen molar-refractivity contribution in [1.29, 1.82) is 0 Å². The number of nitrogen functional groups attached to an aromatic ring is 1. The van der Waals surface area contributed by atoms with Crippen LogP contribution in [-0.2, 0) is 0 Å². The number of hydrogen-bond acceptors (Lipinski definition) is 7. The zero-order valence-electron chi connectivity index (χ0n) is 44.2. The lowest BCUT2D eigenvalue weighted by Crippen LogP contribution is -2.30. The van der Waals surface area contributed by atoms with Crippen molar-refractivity contribution in [3.05, 3.63) is 286 Å². The highest BCUT2D eigenvalue weighted by Crippen LogP contribution is 2.38. The monoisotopic (exact) mass is 1200 g/mol. The second kappa shape index (κ2) is 27.8. The SMILES string of the molecule is Fc1cc(Cl)c2c(-[n+]3ccccc3)ncc(-c3ccccc3)c2c1.Fc1cc(Cl)c2cncc(-c3ccccc3)c2c1.NCCO.Nc1ncc(-c2ccccc2)c2cc(F)cc(Cl)c12.[O-][n+]1cc(-c2ccccc2)c2cc(F)cc(Cl)c2c1. The summed E-state index contributed by atoms with van der Waals surface area (Å²) in [4.78, 5) is 12.9. The summed E-state index contributed by atoms with van der Waals surface area (Å²) >= 11 is 24.5. The molecule has 13 aromatic rings. The van der Waals surface area contributed by atoms with Crippen LogP contribution in [0, 0.1) is 28.5 Å². The fourth-order valence-corrected chi connectivity index (χ4v) is 10.3. The minimum absolute atomic E-state index is 0.0972. The molecule has 0 aliphatic rings. The van der Waals surface area contributed by atoms with Gasteiger partial charge < -0.3 is 21.8 Å². The van der Waals surface area contributed by atoms with Crippen molar-refractivity contribution in [3.63, 3.8) is 0 Å². The Bertz CT molecular complexity index is 4410. The fraction of sp³-hybridized carbons (Fsp3) is 0.0299. The lowest BCUT2D eigenvalue weighted by molar-refractivity contribution is -0.603. The van der Waals surface area contributed by atoms with Crippen molar-refractivity contribution in [2.24, 2.45) is 5.73 Å². The number of nitrogens with zero attached hydrogens (tertiary/aromatic N) is 5. The second-order valence-corrected chi connectivity index (χ2v) is 20.1. The Balaban J connectivity index is 0.000000132. The maximum Gasteiger partial charge on any atom is 0.336 e. The average Bonchev–Trinajstić information content (AvgIpc) is 3.34. The van der Waals surface area contributed by atoms with Gasteiger partial charge in [0.25, 0.3) is 0 Å². The van der Waals surface area contributed by atoms with E-state index in [1.165, 1.54) is 60.9 Å². The van der Waals surface area contributed by atoms with Gasteiger partial charge in [-0.05, 0) is 98.7 Å². The quantitative estimate of drug-likeness (QED) is 0.0855. The van der Waals surface area contributed by atoms with Crippen LogP contribution in [0.2, 0.25) is 20.1 Å². The zero-order valence-corrected chi connectivity index (χ0v) is 47.2. The van der Waals surface area contributed by atoms with E-state index >= 15 is 0 Å². The number of aliphatic hydroxyl groups excluding tert-OH is 1. The van der Waals surface area contributed by atoms with Crippen LogP contribution in [0.5, 0.6) is 0 Å². The first-order valence-electron chi connectivity index (χ1n) is 25.8. The molecule has 0 spiro atoms. The molecule has 0 fully saturated rings. The van der Waals surface area contributed by atoms with Crippen molar-refractivity contribution >= 4 is 95.3 Å². The van der Waals surface area contributed by atoms with E-state index in [1.807, 2.05) is 156 Å². The normalized spacial score (nSPS) is 10.7. The van der Waals surface area contributed by atoms with Crippen molar-refractivity contribution in [3.8, 4) is 50.3 Å². The molecule has 5 N–H and O–H groups in total. The third kappa shape index (κ3) is 14.0. The summed E-state index contributed by atoms with van der Waals surface area (Å²) in [6, 6.07) is 55.2. The number of rotatable bonds is 6. The van der Waals surface area contributed by atoms with E-state index in [0.29, 0.717) is 60.1 Å². The maximum absolute atomic E-state index is 14.0. The molecule has 0 radical (unpaired) electrons. The Morgan fingerprint density at radius 2 is 0.810 bits per heavy atom. The van der Waals surface area contributed by atoms with Crippen molar-refractivity contribution in [2.75, 3.05) is 18.9 Å². The third-order valence-corrected chi connectivity index (χ3v) is 14.2. The van der Waals surface area contributed by atoms with Gasteiger partial charge in [-0.15, -0.1) is 0 Å². The number of nitrogens with two attached hydrogens (primary N) is 2. The Morgan fingerprint density at radius 3 is 1.30 bits per heavy atom. The number of aliphatic hydroxyl groups is 1. The predicted molar refractivity (Wildman–Crippen MR) is 332 cm³/mol. The molecule has 0 saturated heterocycles. The van der Waals surface area contributed by atoms with E-state index in [9.17, 15) is 22.8 Å². The highest BCUT2D eigenvalue weighted by atomic mass is 35.5. The fourth-order valence-electron chi connectivity index (χ4n) is 9.21. The topological polar surface area (TPSA) is 142 Å². The summed E-state index contributed by atoms with van der Waals surface area (Å²) in [6.07, 6.45) is 13.4. The predicted octanol–water partition coefficient (Wildman–Crippen LogP) is 16.8. The van der Waals surface area contributed by atoms with E-state index in [0.717, 1.165) is 60.5 Å². The van der Waals surface area contributed by atoms with Crippen LogP contribution in [0.3, 0.4) is 0 Å². The van der Waals surface area contributed by atoms with Gasteiger partial charge in [-0.3, -0.25) is 4.98 Å². The van der Waals surface area contributed by atoms with E-state index in [2.05, 4.69) is 15.0 Å². The zero-order chi connectivity index (χ0) is 59.3. The summed E-state index contributed by atoms with van der Waals surface area (Å²) < 4.78 is 57.2. The highest BCUT2D eigenvalue weighted by molar-refractivity contribution is 6.38. The number of benzene rings is 8. The molecule has 0 aliphatic heterocycles. The minimum Gasteiger partial charge on any atom is -0.619 e. The molecule has 0 atom stereocenters. The molecule has 0 aliphatic carbocycles. The molecule has 17 heteroatoms. The summed E-state index contributed by atoms with van der Waals surface area (Å²) in [5.74, 6) is -0.524. The van der Waals surface area contributed by atoms with E-state index in [-0.39, 0.29) is 34.1 Å². The highest BCUT2D eigenvalue weighted by Gasteiger charge is 2.21. The van der Waals surface area contributed by atoms with Gasteiger partial charge in [0.15, 0.2) is 12.4 Å². The Morgan fingerprint density at radius 1 is 0.429 bits per heavy atom. The number of anilines is 1. The molecule has 0 amide bonds. The summed E-state index contributed by atoms with van der Waals surface area (Å²) in [7, 11) is 0. The van der Waals surface area contributed by atoms with Crippen LogP contribution in [0.4, 0.5) is 23.4 Å². The molecule has 5 heterocycles. The first-order chi connectivity index (χ1) is 40.7.